The third-order valence-electron chi connectivity index (χ3n) is 3.52. The SMILES string of the molecule is CCCCOc1ccc(C[C@H](NS(=O)(=O)CCCC)C(=O)O)cc1. The zero-order chi connectivity index (χ0) is 18.0. The number of benzene rings is 1. The average Bonchev–Trinajstić information content (AvgIpc) is 2.54. The maximum atomic E-state index is 11.9. The Morgan fingerprint density at radius 3 is 2.33 bits per heavy atom. The van der Waals surface area contributed by atoms with Gasteiger partial charge in [0.05, 0.1) is 12.4 Å². The Hall–Kier alpha value is -1.60. The molecule has 0 aliphatic rings. The molecule has 0 spiro atoms. The smallest absolute Gasteiger partial charge is 0.322 e. The molecule has 0 aliphatic carbocycles. The van der Waals surface area contributed by atoms with Crippen molar-refractivity contribution in [2.45, 2.75) is 52.0 Å². The fourth-order valence-corrected chi connectivity index (χ4v) is 3.49. The average molecular weight is 357 g/mol. The molecule has 0 aliphatic heterocycles. The highest BCUT2D eigenvalue weighted by Crippen LogP contribution is 2.14. The Balaban J connectivity index is 2.66. The van der Waals surface area contributed by atoms with E-state index < -0.39 is 22.0 Å². The van der Waals surface area contributed by atoms with Crippen LogP contribution in [0.1, 0.15) is 45.1 Å². The molecule has 24 heavy (non-hydrogen) atoms. The largest absolute Gasteiger partial charge is 0.494 e. The molecule has 0 amide bonds. The van der Waals surface area contributed by atoms with Gasteiger partial charge < -0.3 is 9.84 Å². The first-order chi connectivity index (χ1) is 11.4. The summed E-state index contributed by atoms with van der Waals surface area (Å²) in [6.07, 6.45) is 3.36. The number of carbonyl (C=O) groups is 1. The van der Waals surface area contributed by atoms with Crippen LogP contribution in [-0.2, 0) is 21.2 Å². The lowest BCUT2D eigenvalue weighted by molar-refractivity contribution is -0.138. The lowest BCUT2D eigenvalue weighted by atomic mass is 10.1. The summed E-state index contributed by atoms with van der Waals surface area (Å²) in [6, 6.07) is 5.90. The van der Waals surface area contributed by atoms with Gasteiger partial charge in [-0.2, -0.15) is 0 Å². The van der Waals surface area contributed by atoms with E-state index in [1.807, 2.05) is 6.92 Å². The molecule has 0 fully saturated rings. The Labute approximate surface area is 144 Å². The van der Waals surface area contributed by atoms with Crippen molar-refractivity contribution in [3.63, 3.8) is 0 Å². The third-order valence-corrected chi connectivity index (χ3v) is 4.99. The molecule has 6 nitrogen and oxygen atoms in total. The normalized spacial score (nSPS) is 12.8. The molecular weight excluding hydrogens is 330 g/mol. The summed E-state index contributed by atoms with van der Waals surface area (Å²) in [4.78, 5) is 11.3. The molecule has 1 aromatic carbocycles. The van der Waals surface area contributed by atoms with Crippen LogP contribution < -0.4 is 9.46 Å². The Kier molecular flexibility index (Phi) is 8.78. The van der Waals surface area contributed by atoms with E-state index in [1.165, 1.54) is 0 Å². The maximum absolute atomic E-state index is 11.9. The van der Waals surface area contributed by atoms with E-state index in [4.69, 9.17) is 4.74 Å². The molecule has 0 bridgehead atoms. The van der Waals surface area contributed by atoms with Crippen molar-refractivity contribution in [3.05, 3.63) is 29.8 Å². The van der Waals surface area contributed by atoms with Crippen LogP contribution >= 0.6 is 0 Å². The summed E-state index contributed by atoms with van der Waals surface area (Å²) in [6.45, 7) is 4.61. The van der Waals surface area contributed by atoms with Crippen molar-refractivity contribution in [3.8, 4) is 5.75 Å². The first kappa shape index (κ1) is 20.4. The number of carboxylic acid groups (broad SMARTS) is 1. The number of ether oxygens (including phenoxy) is 1. The molecule has 0 heterocycles. The van der Waals surface area contributed by atoms with Crippen molar-refractivity contribution in [1.29, 1.82) is 0 Å². The fourth-order valence-electron chi connectivity index (χ4n) is 2.08. The quantitative estimate of drug-likeness (QED) is 0.561. The third kappa shape index (κ3) is 7.79. The Morgan fingerprint density at radius 2 is 1.79 bits per heavy atom. The van der Waals surface area contributed by atoms with Crippen molar-refractivity contribution in [1.82, 2.24) is 4.72 Å². The molecular formula is C17H27NO5S. The molecule has 7 heteroatoms. The van der Waals surface area contributed by atoms with Crippen LogP contribution in [0, 0.1) is 0 Å². The van der Waals surface area contributed by atoms with Gasteiger partial charge in [-0.3, -0.25) is 4.79 Å². The van der Waals surface area contributed by atoms with Crippen LogP contribution in [0.2, 0.25) is 0 Å². The van der Waals surface area contributed by atoms with Crippen molar-refractivity contribution >= 4 is 16.0 Å². The highest BCUT2D eigenvalue weighted by molar-refractivity contribution is 7.89. The number of unbranched alkanes of at least 4 members (excludes halogenated alkanes) is 2. The number of carboxylic acids is 1. The lowest BCUT2D eigenvalue weighted by Crippen LogP contribution is -2.43. The Morgan fingerprint density at radius 1 is 1.17 bits per heavy atom. The topological polar surface area (TPSA) is 92.7 Å². The zero-order valence-electron chi connectivity index (χ0n) is 14.3. The van der Waals surface area contributed by atoms with Crippen molar-refractivity contribution in [2.75, 3.05) is 12.4 Å². The van der Waals surface area contributed by atoms with Crippen molar-refractivity contribution in [2.24, 2.45) is 0 Å². The van der Waals surface area contributed by atoms with Gasteiger partial charge in [-0.15, -0.1) is 0 Å². The number of nitrogens with one attached hydrogen (secondary N) is 1. The molecule has 0 radical (unpaired) electrons. The van der Waals surface area contributed by atoms with Crippen LogP contribution in [-0.4, -0.2) is 37.9 Å². The van der Waals surface area contributed by atoms with Gasteiger partial charge in [-0.25, -0.2) is 13.1 Å². The summed E-state index contributed by atoms with van der Waals surface area (Å²) in [5.74, 6) is -0.516. The summed E-state index contributed by atoms with van der Waals surface area (Å²) in [7, 11) is -3.59. The molecule has 136 valence electrons. The van der Waals surface area contributed by atoms with Crippen LogP contribution in [0.25, 0.3) is 0 Å². The highest BCUT2D eigenvalue weighted by atomic mass is 32.2. The summed E-state index contributed by atoms with van der Waals surface area (Å²) >= 11 is 0. The number of rotatable bonds is 12. The maximum Gasteiger partial charge on any atom is 0.322 e. The summed E-state index contributed by atoms with van der Waals surface area (Å²) < 4.78 is 31.6. The van der Waals surface area contributed by atoms with Crippen molar-refractivity contribution < 1.29 is 23.1 Å². The fraction of sp³-hybridized carbons (Fsp3) is 0.588. The van der Waals surface area contributed by atoms with Crippen LogP contribution in [0.3, 0.4) is 0 Å². The second-order valence-electron chi connectivity index (χ2n) is 5.73. The van der Waals surface area contributed by atoms with E-state index in [9.17, 15) is 18.3 Å². The number of hydrogen-bond acceptors (Lipinski definition) is 4. The predicted octanol–water partition coefficient (Wildman–Crippen LogP) is 2.58. The first-order valence-electron chi connectivity index (χ1n) is 8.32. The molecule has 0 saturated heterocycles. The monoisotopic (exact) mass is 357 g/mol. The first-order valence-corrected chi connectivity index (χ1v) is 9.97. The number of hydrogen-bond donors (Lipinski definition) is 2. The zero-order valence-corrected chi connectivity index (χ0v) is 15.1. The van der Waals surface area contributed by atoms with Gasteiger partial charge in [-0.05, 0) is 37.0 Å². The summed E-state index contributed by atoms with van der Waals surface area (Å²) in [5.41, 5.74) is 0.739. The number of aliphatic carboxylic acids is 1. The van der Waals surface area contributed by atoms with Gasteiger partial charge >= 0.3 is 5.97 Å². The van der Waals surface area contributed by atoms with Gasteiger partial charge in [0.25, 0.3) is 0 Å². The van der Waals surface area contributed by atoms with E-state index in [0.29, 0.717) is 13.0 Å². The van der Waals surface area contributed by atoms with Crippen LogP contribution in [0.4, 0.5) is 0 Å². The second kappa shape index (κ2) is 10.3. The lowest BCUT2D eigenvalue weighted by Gasteiger charge is -2.15. The van der Waals surface area contributed by atoms with Crippen LogP contribution in [0.15, 0.2) is 24.3 Å². The molecule has 1 atom stereocenters. The minimum Gasteiger partial charge on any atom is -0.494 e. The highest BCUT2D eigenvalue weighted by Gasteiger charge is 2.23. The standard InChI is InChI=1S/C17H27NO5S/c1-3-5-11-23-15-9-7-14(8-10-15)13-16(17(19)20)18-24(21,22)12-6-4-2/h7-10,16,18H,3-6,11-13H2,1-2H3,(H,19,20)/t16-/m0/s1. The number of sulfonamides is 1. The van der Waals surface area contributed by atoms with Gasteiger partial charge in [0, 0.05) is 0 Å². The molecule has 1 aromatic rings. The molecule has 0 aromatic heterocycles. The van der Waals surface area contributed by atoms with Gasteiger partial charge in [0.15, 0.2) is 0 Å². The second-order valence-corrected chi connectivity index (χ2v) is 7.60. The van der Waals surface area contributed by atoms with Gasteiger partial charge in [0.2, 0.25) is 10.0 Å². The molecule has 0 unspecified atom stereocenters. The van der Waals surface area contributed by atoms with E-state index in [0.717, 1.165) is 30.6 Å². The summed E-state index contributed by atoms with van der Waals surface area (Å²) in [5, 5.41) is 9.27. The van der Waals surface area contributed by atoms with Crippen LogP contribution in [0.5, 0.6) is 5.75 Å². The minimum absolute atomic E-state index is 0.0580. The van der Waals surface area contributed by atoms with E-state index in [2.05, 4.69) is 11.6 Å². The predicted molar refractivity (Wildman–Crippen MR) is 93.8 cm³/mol. The molecule has 1 rings (SSSR count). The van der Waals surface area contributed by atoms with Gasteiger partial charge in [0.1, 0.15) is 11.8 Å². The molecule has 0 saturated carbocycles. The van der Waals surface area contributed by atoms with E-state index >= 15 is 0 Å². The van der Waals surface area contributed by atoms with E-state index in [-0.39, 0.29) is 12.2 Å². The minimum atomic E-state index is -3.59. The van der Waals surface area contributed by atoms with E-state index in [1.54, 1.807) is 24.3 Å². The molecule has 2 N–H and O–H groups in total. The van der Waals surface area contributed by atoms with Gasteiger partial charge in [-0.1, -0.05) is 38.8 Å². The Bertz CT molecular complexity index is 598.